The molecule has 1 heterocycles. The summed E-state index contributed by atoms with van der Waals surface area (Å²) in [6.07, 6.45) is 0. The Hall–Kier alpha value is -2.43. The van der Waals surface area contributed by atoms with Crippen molar-refractivity contribution >= 4 is 17.6 Å². The molecule has 5 heteroatoms. The third-order valence-electron chi connectivity index (χ3n) is 2.56. The second kappa shape index (κ2) is 5.48. The Labute approximate surface area is 111 Å². The molecule has 0 aliphatic rings. The van der Waals surface area contributed by atoms with Gasteiger partial charge in [-0.3, -0.25) is 0 Å². The molecule has 0 fully saturated rings. The third kappa shape index (κ3) is 3.28. The first-order valence-corrected chi connectivity index (χ1v) is 5.86. The highest BCUT2D eigenvalue weighted by Crippen LogP contribution is 2.14. The molecule has 0 aliphatic carbocycles. The van der Waals surface area contributed by atoms with Crippen LogP contribution in [0.4, 0.5) is 11.6 Å². The van der Waals surface area contributed by atoms with Gasteiger partial charge in [-0.1, -0.05) is 17.7 Å². The molecule has 1 aromatic heterocycles. The normalized spacial score (nSPS) is 10.1. The maximum atomic E-state index is 11.5. The van der Waals surface area contributed by atoms with E-state index in [9.17, 15) is 4.79 Å². The molecule has 0 bridgehead atoms. The van der Waals surface area contributed by atoms with Crippen molar-refractivity contribution in [3.8, 4) is 0 Å². The molecule has 2 aromatic rings. The molecule has 1 N–H and O–H groups in total. The van der Waals surface area contributed by atoms with Crippen molar-refractivity contribution < 1.29 is 9.53 Å². The maximum absolute atomic E-state index is 11.5. The molecule has 2 rings (SSSR count). The van der Waals surface area contributed by atoms with Crippen LogP contribution in [0.5, 0.6) is 0 Å². The van der Waals surface area contributed by atoms with Gasteiger partial charge in [0.25, 0.3) is 0 Å². The Kier molecular flexibility index (Phi) is 3.75. The highest BCUT2D eigenvalue weighted by molar-refractivity contribution is 5.87. The maximum Gasteiger partial charge on any atom is 0.356 e. The lowest BCUT2D eigenvalue weighted by atomic mass is 10.2. The number of carbonyl (C=O) groups is 1. The second-order valence-electron chi connectivity index (χ2n) is 4.20. The summed E-state index contributed by atoms with van der Waals surface area (Å²) < 4.78 is 4.66. The minimum atomic E-state index is -0.475. The van der Waals surface area contributed by atoms with Gasteiger partial charge in [-0.2, -0.15) is 0 Å². The zero-order valence-corrected chi connectivity index (χ0v) is 11.1. The molecular weight excluding hydrogens is 242 g/mol. The average Bonchev–Trinajstić information content (AvgIpc) is 2.40. The van der Waals surface area contributed by atoms with Crippen LogP contribution in [-0.4, -0.2) is 23.0 Å². The van der Waals surface area contributed by atoms with E-state index in [0.717, 1.165) is 5.69 Å². The van der Waals surface area contributed by atoms with Crippen molar-refractivity contribution in [1.29, 1.82) is 0 Å². The van der Waals surface area contributed by atoms with Gasteiger partial charge in [0.15, 0.2) is 5.69 Å². The number of aromatic nitrogens is 2. The molecule has 0 saturated carbocycles. The predicted molar refractivity (Wildman–Crippen MR) is 72.6 cm³/mol. The lowest BCUT2D eigenvalue weighted by molar-refractivity contribution is 0.0594. The van der Waals surface area contributed by atoms with Gasteiger partial charge in [0.1, 0.15) is 0 Å². The highest BCUT2D eigenvalue weighted by Gasteiger charge is 2.10. The molecule has 5 nitrogen and oxygen atoms in total. The molecule has 1 aromatic carbocycles. The summed E-state index contributed by atoms with van der Waals surface area (Å²) in [5.74, 6) is -0.0956. The van der Waals surface area contributed by atoms with Gasteiger partial charge < -0.3 is 10.1 Å². The SMILES string of the molecule is COC(=O)c1cc(C)nc(Nc2ccc(C)cc2)n1. The molecule has 0 aliphatic heterocycles. The number of benzene rings is 1. The number of ether oxygens (including phenoxy) is 1. The number of nitrogens with one attached hydrogen (secondary N) is 1. The topological polar surface area (TPSA) is 64.1 Å². The molecule has 0 saturated heterocycles. The van der Waals surface area contributed by atoms with Gasteiger partial charge in [-0.25, -0.2) is 14.8 Å². The average molecular weight is 257 g/mol. The van der Waals surface area contributed by atoms with Crippen molar-refractivity contribution in [1.82, 2.24) is 9.97 Å². The van der Waals surface area contributed by atoms with Crippen LogP contribution >= 0.6 is 0 Å². The zero-order valence-electron chi connectivity index (χ0n) is 11.1. The summed E-state index contributed by atoms with van der Waals surface area (Å²) in [4.78, 5) is 19.8. The van der Waals surface area contributed by atoms with Crippen LogP contribution < -0.4 is 5.32 Å². The van der Waals surface area contributed by atoms with Crippen LogP contribution in [-0.2, 0) is 4.74 Å². The number of carbonyl (C=O) groups excluding carboxylic acids is 1. The first kappa shape index (κ1) is 13.0. The van der Waals surface area contributed by atoms with Gasteiger partial charge in [-0.05, 0) is 32.0 Å². The van der Waals surface area contributed by atoms with Gasteiger partial charge in [0.05, 0.1) is 7.11 Å². The van der Waals surface area contributed by atoms with Crippen molar-refractivity contribution in [3.63, 3.8) is 0 Å². The minimum absolute atomic E-state index is 0.240. The van der Waals surface area contributed by atoms with Gasteiger partial charge >= 0.3 is 5.97 Å². The zero-order chi connectivity index (χ0) is 13.8. The van der Waals surface area contributed by atoms with E-state index in [-0.39, 0.29) is 5.69 Å². The first-order chi connectivity index (χ1) is 9.08. The van der Waals surface area contributed by atoms with E-state index >= 15 is 0 Å². The minimum Gasteiger partial charge on any atom is -0.464 e. The van der Waals surface area contributed by atoms with Gasteiger partial charge in [0.2, 0.25) is 5.95 Å². The van der Waals surface area contributed by atoms with Gasteiger partial charge in [-0.15, -0.1) is 0 Å². The van der Waals surface area contributed by atoms with E-state index in [1.165, 1.54) is 12.7 Å². The lowest BCUT2D eigenvalue weighted by Gasteiger charge is -2.07. The number of hydrogen-bond acceptors (Lipinski definition) is 5. The Balaban J connectivity index is 2.27. The van der Waals surface area contributed by atoms with E-state index in [0.29, 0.717) is 11.6 Å². The van der Waals surface area contributed by atoms with Crippen molar-refractivity contribution in [2.45, 2.75) is 13.8 Å². The van der Waals surface area contributed by atoms with E-state index in [2.05, 4.69) is 20.0 Å². The number of anilines is 2. The third-order valence-corrected chi connectivity index (χ3v) is 2.56. The number of rotatable bonds is 3. The number of aryl methyl sites for hydroxylation is 2. The second-order valence-corrected chi connectivity index (χ2v) is 4.20. The van der Waals surface area contributed by atoms with E-state index < -0.39 is 5.97 Å². The molecule has 0 radical (unpaired) electrons. The molecule has 0 atom stereocenters. The van der Waals surface area contributed by atoms with E-state index in [4.69, 9.17) is 0 Å². The Morgan fingerprint density at radius 1 is 1.16 bits per heavy atom. The standard InChI is InChI=1S/C14H15N3O2/c1-9-4-6-11(7-5-9)16-14-15-10(2)8-12(17-14)13(18)19-3/h4-8H,1-3H3,(H,15,16,17). The number of esters is 1. The molecule has 98 valence electrons. The van der Waals surface area contributed by atoms with Crippen LogP contribution in [0.25, 0.3) is 0 Å². The molecular formula is C14H15N3O2. The van der Waals surface area contributed by atoms with Crippen LogP contribution in [0.2, 0.25) is 0 Å². The van der Waals surface area contributed by atoms with Crippen LogP contribution in [0, 0.1) is 13.8 Å². The number of hydrogen-bond donors (Lipinski definition) is 1. The molecule has 19 heavy (non-hydrogen) atoms. The largest absolute Gasteiger partial charge is 0.464 e. The smallest absolute Gasteiger partial charge is 0.356 e. The lowest BCUT2D eigenvalue weighted by Crippen LogP contribution is -2.08. The Morgan fingerprint density at radius 3 is 2.47 bits per heavy atom. The Bertz CT molecular complexity index is 594. The summed E-state index contributed by atoms with van der Waals surface area (Å²) in [7, 11) is 1.33. The predicted octanol–water partition coefficient (Wildman–Crippen LogP) is 2.62. The van der Waals surface area contributed by atoms with E-state index in [1.807, 2.05) is 31.2 Å². The first-order valence-electron chi connectivity index (χ1n) is 5.86. The highest BCUT2D eigenvalue weighted by atomic mass is 16.5. The summed E-state index contributed by atoms with van der Waals surface area (Å²) >= 11 is 0. The Morgan fingerprint density at radius 2 is 1.84 bits per heavy atom. The fraction of sp³-hybridized carbons (Fsp3) is 0.214. The summed E-state index contributed by atoms with van der Waals surface area (Å²) in [5.41, 5.74) is 2.98. The van der Waals surface area contributed by atoms with Crippen LogP contribution in [0.1, 0.15) is 21.7 Å². The van der Waals surface area contributed by atoms with Gasteiger partial charge in [0, 0.05) is 11.4 Å². The molecule has 0 amide bonds. The quantitative estimate of drug-likeness (QED) is 0.856. The van der Waals surface area contributed by atoms with E-state index in [1.54, 1.807) is 13.0 Å². The molecule has 0 spiro atoms. The fourth-order valence-electron chi connectivity index (χ4n) is 1.60. The summed E-state index contributed by atoms with van der Waals surface area (Å²) in [6, 6.07) is 9.42. The number of methoxy groups -OCH3 is 1. The summed E-state index contributed by atoms with van der Waals surface area (Å²) in [5, 5.41) is 3.06. The van der Waals surface area contributed by atoms with Crippen molar-refractivity contribution in [3.05, 3.63) is 47.3 Å². The van der Waals surface area contributed by atoms with Crippen molar-refractivity contribution in [2.75, 3.05) is 12.4 Å². The monoisotopic (exact) mass is 257 g/mol. The fourth-order valence-corrected chi connectivity index (χ4v) is 1.60. The molecule has 0 unspecified atom stereocenters. The number of nitrogens with zero attached hydrogens (tertiary/aromatic N) is 2. The summed E-state index contributed by atoms with van der Waals surface area (Å²) in [6.45, 7) is 3.82. The van der Waals surface area contributed by atoms with Crippen LogP contribution in [0.15, 0.2) is 30.3 Å². The van der Waals surface area contributed by atoms with Crippen molar-refractivity contribution in [2.24, 2.45) is 0 Å². The van der Waals surface area contributed by atoms with Crippen LogP contribution in [0.3, 0.4) is 0 Å².